The number of halogens is 3. The Morgan fingerprint density at radius 3 is 2.71 bits per heavy atom. The van der Waals surface area contributed by atoms with Crippen molar-refractivity contribution in [3.63, 3.8) is 0 Å². The minimum Gasteiger partial charge on any atom is -0.375 e. The van der Waals surface area contributed by atoms with Crippen molar-refractivity contribution in [1.29, 1.82) is 0 Å². The fourth-order valence-corrected chi connectivity index (χ4v) is 2.94. The first kappa shape index (κ1) is 20.0. The van der Waals surface area contributed by atoms with Gasteiger partial charge in [0, 0.05) is 18.8 Å². The standard InChI is InChI=1S/C16H18F3N5O4/c1-2-27-7-10-12(13(20)25)14-21-4-3-11(24(14)23-10)15(26)22-8-5-9(6-8)28-16(17,18)19/h3-4,8-9H,2,5-7H2,1H3,(H2,20,25)(H,22,26)/t8-,9+. The molecule has 0 atom stereocenters. The molecule has 9 nitrogen and oxygen atoms in total. The van der Waals surface area contributed by atoms with Crippen LogP contribution in [0.5, 0.6) is 0 Å². The Bertz CT molecular complexity index is 892. The molecule has 12 heteroatoms. The molecule has 28 heavy (non-hydrogen) atoms. The Kier molecular flexibility index (Phi) is 5.52. The predicted molar refractivity (Wildman–Crippen MR) is 88.3 cm³/mol. The fourth-order valence-electron chi connectivity index (χ4n) is 2.94. The number of hydrogen-bond acceptors (Lipinski definition) is 6. The van der Waals surface area contributed by atoms with Gasteiger partial charge in [-0.15, -0.1) is 13.2 Å². The maximum atomic E-state index is 12.5. The lowest BCUT2D eigenvalue weighted by atomic mass is 9.89. The third-order valence-electron chi connectivity index (χ3n) is 4.24. The normalized spacial score (nSPS) is 19.4. The summed E-state index contributed by atoms with van der Waals surface area (Å²) in [5.74, 6) is -1.33. The molecule has 2 aromatic rings. The molecule has 2 amide bonds. The van der Waals surface area contributed by atoms with E-state index in [0.29, 0.717) is 6.61 Å². The highest BCUT2D eigenvalue weighted by Crippen LogP contribution is 2.30. The van der Waals surface area contributed by atoms with Gasteiger partial charge in [-0.1, -0.05) is 0 Å². The van der Waals surface area contributed by atoms with Crippen molar-refractivity contribution in [3.05, 3.63) is 29.2 Å². The number of carbonyl (C=O) groups is 2. The van der Waals surface area contributed by atoms with Crippen LogP contribution in [0.15, 0.2) is 12.3 Å². The summed E-state index contributed by atoms with van der Waals surface area (Å²) >= 11 is 0. The monoisotopic (exact) mass is 401 g/mol. The number of nitrogens with zero attached hydrogens (tertiary/aromatic N) is 3. The number of fused-ring (bicyclic) bond motifs is 1. The summed E-state index contributed by atoms with van der Waals surface area (Å²) in [5, 5.41) is 6.82. The Hall–Kier alpha value is -2.73. The van der Waals surface area contributed by atoms with Crippen molar-refractivity contribution in [2.45, 2.75) is 44.9 Å². The summed E-state index contributed by atoms with van der Waals surface area (Å²) in [6, 6.07) is 0.921. The van der Waals surface area contributed by atoms with Crippen molar-refractivity contribution < 1.29 is 32.2 Å². The van der Waals surface area contributed by atoms with E-state index in [0.717, 1.165) is 0 Å². The maximum Gasteiger partial charge on any atom is 0.522 e. The number of nitrogens with one attached hydrogen (secondary N) is 1. The van der Waals surface area contributed by atoms with Gasteiger partial charge in [0.2, 0.25) is 0 Å². The quantitative estimate of drug-likeness (QED) is 0.718. The second-order valence-electron chi connectivity index (χ2n) is 6.22. The Morgan fingerprint density at radius 2 is 2.11 bits per heavy atom. The molecule has 0 aromatic carbocycles. The van der Waals surface area contributed by atoms with Gasteiger partial charge >= 0.3 is 6.36 Å². The van der Waals surface area contributed by atoms with E-state index in [4.69, 9.17) is 10.5 Å². The molecule has 1 aliphatic rings. The van der Waals surface area contributed by atoms with Crippen LogP contribution in [0.25, 0.3) is 5.65 Å². The molecule has 0 bridgehead atoms. The molecule has 0 radical (unpaired) electrons. The first-order valence-corrected chi connectivity index (χ1v) is 8.49. The van der Waals surface area contributed by atoms with E-state index < -0.39 is 30.3 Å². The summed E-state index contributed by atoms with van der Waals surface area (Å²) < 4.78 is 46.9. The average Bonchev–Trinajstić information content (AvgIpc) is 2.95. The van der Waals surface area contributed by atoms with E-state index in [1.165, 1.54) is 16.8 Å². The number of amides is 2. The van der Waals surface area contributed by atoms with Crippen molar-refractivity contribution in [2.24, 2.45) is 5.73 Å². The largest absolute Gasteiger partial charge is 0.522 e. The molecule has 0 unspecified atom stereocenters. The van der Waals surface area contributed by atoms with Crippen LogP contribution in [0, 0.1) is 0 Å². The average molecular weight is 401 g/mol. The van der Waals surface area contributed by atoms with Crippen molar-refractivity contribution >= 4 is 17.5 Å². The van der Waals surface area contributed by atoms with Crippen LogP contribution in [-0.2, 0) is 16.1 Å². The van der Waals surface area contributed by atoms with E-state index in [1.54, 1.807) is 6.92 Å². The van der Waals surface area contributed by atoms with E-state index in [-0.39, 0.29) is 42.0 Å². The molecule has 3 rings (SSSR count). The van der Waals surface area contributed by atoms with Gasteiger partial charge in [-0.3, -0.25) is 14.3 Å². The molecule has 1 fully saturated rings. The van der Waals surface area contributed by atoms with Gasteiger partial charge in [0.1, 0.15) is 17.0 Å². The molecule has 0 spiro atoms. The molecule has 2 aromatic heterocycles. The van der Waals surface area contributed by atoms with Crippen LogP contribution in [0.2, 0.25) is 0 Å². The minimum absolute atomic E-state index is 0.0122. The summed E-state index contributed by atoms with van der Waals surface area (Å²) in [6.45, 7) is 2.17. The van der Waals surface area contributed by atoms with Gasteiger partial charge in [-0.2, -0.15) is 5.10 Å². The molecule has 0 saturated heterocycles. The number of aromatic nitrogens is 3. The Labute approximate surface area is 157 Å². The zero-order chi connectivity index (χ0) is 20.5. The molecule has 1 aliphatic carbocycles. The van der Waals surface area contributed by atoms with Crippen LogP contribution in [0.4, 0.5) is 13.2 Å². The van der Waals surface area contributed by atoms with Gasteiger partial charge in [-0.25, -0.2) is 9.50 Å². The number of hydrogen-bond donors (Lipinski definition) is 2. The number of primary amides is 1. The zero-order valence-corrected chi connectivity index (χ0v) is 14.8. The number of alkyl halides is 3. The summed E-state index contributed by atoms with van der Waals surface area (Å²) in [7, 11) is 0. The molecular formula is C16H18F3N5O4. The highest BCUT2D eigenvalue weighted by molar-refractivity contribution is 6.01. The van der Waals surface area contributed by atoms with Crippen molar-refractivity contribution in [1.82, 2.24) is 19.9 Å². The highest BCUT2D eigenvalue weighted by atomic mass is 19.4. The third kappa shape index (κ3) is 4.22. The van der Waals surface area contributed by atoms with Gasteiger partial charge < -0.3 is 15.8 Å². The number of carbonyl (C=O) groups excluding carboxylic acids is 2. The lowest BCUT2D eigenvalue weighted by Gasteiger charge is -2.35. The van der Waals surface area contributed by atoms with Crippen LogP contribution in [0.3, 0.4) is 0 Å². The minimum atomic E-state index is -4.70. The Balaban J connectivity index is 1.78. The molecule has 3 N–H and O–H groups in total. The first-order valence-electron chi connectivity index (χ1n) is 8.49. The summed E-state index contributed by atoms with van der Waals surface area (Å²) in [6.07, 6.45) is -4.28. The molecule has 2 heterocycles. The van der Waals surface area contributed by atoms with Crippen LogP contribution in [0.1, 0.15) is 46.3 Å². The Morgan fingerprint density at radius 1 is 1.39 bits per heavy atom. The van der Waals surface area contributed by atoms with E-state index in [2.05, 4.69) is 20.1 Å². The van der Waals surface area contributed by atoms with E-state index >= 15 is 0 Å². The number of nitrogens with two attached hydrogens (primary N) is 1. The summed E-state index contributed by atoms with van der Waals surface area (Å²) in [5.41, 5.74) is 5.86. The predicted octanol–water partition coefficient (Wildman–Crippen LogP) is 1.16. The SMILES string of the molecule is CCOCc1nn2c(C(=O)N[C@H]3C[C@@H](OC(F)(F)F)C3)ccnc2c1C(N)=O. The van der Waals surface area contributed by atoms with Crippen molar-refractivity contribution in [2.75, 3.05) is 6.61 Å². The topological polar surface area (TPSA) is 121 Å². The van der Waals surface area contributed by atoms with Crippen molar-refractivity contribution in [3.8, 4) is 0 Å². The van der Waals surface area contributed by atoms with Crippen LogP contribution in [-0.4, -0.2) is 51.5 Å². The number of ether oxygens (including phenoxy) is 2. The molecule has 0 aliphatic heterocycles. The molecular weight excluding hydrogens is 383 g/mol. The van der Waals surface area contributed by atoms with Crippen LogP contribution < -0.4 is 11.1 Å². The third-order valence-corrected chi connectivity index (χ3v) is 4.24. The second-order valence-corrected chi connectivity index (χ2v) is 6.22. The fraction of sp³-hybridized carbons (Fsp3) is 0.500. The lowest BCUT2D eigenvalue weighted by Crippen LogP contribution is -2.49. The van der Waals surface area contributed by atoms with E-state index in [1.807, 2.05) is 0 Å². The van der Waals surface area contributed by atoms with Gasteiger partial charge in [0.05, 0.1) is 12.7 Å². The number of rotatable bonds is 7. The van der Waals surface area contributed by atoms with Gasteiger partial charge in [0.25, 0.3) is 11.8 Å². The first-order chi connectivity index (χ1) is 13.2. The van der Waals surface area contributed by atoms with Crippen LogP contribution >= 0.6 is 0 Å². The molecule has 152 valence electrons. The molecule has 1 saturated carbocycles. The zero-order valence-electron chi connectivity index (χ0n) is 14.8. The van der Waals surface area contributed by atoms with Gasteiger partial charge in [-0.05, 0) is 25.8 Å². The highest BCUT2D eigenvalue weighted by Gasteiger charge is 2.40. The second kappa shape index (κ2) is 7.72. The smallest absolute Gasteiger partial charge is 0.375 e. The van der Waals surface area contributed by atoms with Gasteiger partial charge in [0.15, 0.2) is 5.65 Å². The summed E-state index contributed by atoms with van der Waals surface area (Å²) in [4.78, 5) is 28.4. The lowest BCUT2D eigenvalue weighted by molar-refractivity contribution is -0.351. The maximum absolute atomic E-state index is 12.5. The van der Waals surface area contributed by atoms with E-state index in [9.17, 15) is 22.8 Å².